The number of hydrogen-bond acceptors (Lipinski definition) is 6. The third-order valence-electron chi connectivity index (χ3n) is 2.91. The highest BCUT2D eigenvalue weighted by atomic mass is 32.2. The van der Waals surface area contributed by atoms with Crippen molar-refractivity contribution in [1.29, 1.82) is 0 Å². The summed E-state index contributed by atoms with van der Waals surface area (Å²) in [5.74, 6) is 0. The molecule has 0 aliphatic carbocycles. The lowest BCUT2D eigenvalue weighted by Crippen LogP contribution is -2.35. The molecular formula is C12H24N4O4S. The van der Waals surface area contributed by atoms with Crippen LogP contribution in [0.4, 0.5) is 0 Å². The summed E-state index contributed by atoms with van der Waals surface area (Å²) in [6, 6.07) is 0. The second-order valence-corrected chi connectivity index (χ2v) is 6.41. The highest BCUT2D eigenvalue weighted by molar-refractivity contribution is 7.89. The van der Waals surface area contributed by atoms with Crippen LogP contribution in [0.5, 0.6) is 0 Å². The van der Waals surface area contributed by atoms with Gasteiger partial charge in [-0.25, -0.2) is 8.42 Å². The van der Waals surface area contributed by atoms with Gasteiger partial charge in [-0.15, -0.1) is 0 Å². The lowest BCUT2D eigenvalue weighted by Gasteiger charge is -2.20. The van der Waals surface area contributed by atoms with Gasteiger partial charge in [0.15, 0.2) is 0 Å². The van der Waals surface area contributed by atoms with Crippen molar-refractivity contribution in [3.05, 3.63) is 12.4 Å². The van der Waals surface area contributed by atoms with Gasteiger partial charge in [0.1, 0.15) is 4.90 Å². The SMILES string of the molecule is COCCCN(CCOC)S(=O)(=O)c1cnn(CCN)c1. The molecule has 0 aliphatic rings. The van der Waals surface area contributed by atoms with Crippen molar-refractivity contribution in [1.82, 2.24) is 14.1 Å². The normalized spacial score (nSPS) is 12.2. The van der Waals surface area contributed by atoms with Crippen LogP contribution >= 0.6 is 0 Å². The summed E-state index contributed by atoms with van der Waals surface area (Å²) >= 11 is 0. The summed E-state index contributed by atoms with van der Waals surface area (Å²) in [5, 5.41) is 4.01. The van der Waals surface area contributed by atoms with Crippen LogP contribution in [0.25, 0.3) is 0 Å². The summed E-state index contributed by atoms with van der Waals surface area (Å²) in [7, 11) is -0.449. The van der Waals surface area contributed by atoms with Crippen molar-refractivity contribution in [2.45, 2.75) is 17.9 Å². The first-order valence-corrected chi connectivity index (χ1v) is 8.20. The first-order chi connectivity index (χ1) is 10.1. The van der Waals surface area contributed by atoms with Crippen molar-refractivity contribution < 1.29 is 17.9 Å². The Morgan fingerprint density at radius 1 is 1.29 bits per heavy atom. The smallest absolute Gasteiger partial charge is 0.246 e. The number of nitrogens with zero attached hydrogens (tertiary/aromatic N) is 3. The maximum Gasteiger partial charge on any atom is 0.246 e. The van der Waals surface area contributed by atoms with Gasteiger partial charge in [0.05, 0.1) is 19.3 Å². The quantitative estimate of drug-likeness (QED) is 0.553. The van der Waals surface area contributed by atoms with E-state index in [2.05, 4.69) is 5.10 Å². The third kappa shape index (κ3) is 5.36. The van der Waals surface area contributed by atoms with Crippen LogP contribution in [-0.2, 0) is 26.0 Å². The van der Waals surface area contributed by atoms with E-state index in [1.54, 1.807) is 14.2 Å². The zero-order valence-electron chi connectivity index (χ0n) is 12.6. The highest BCUT2D eigenvalue weighted by Crippen LogP contribution is 2.15. The lowest BCUT2D eigenvalue weighted by molar-refractivity contribution is 0.164. The lowest BCUT2D eigenvalue weighted by atomic mass is 10.4. The van der Waals surface area contributed by atoms with Crippen molar-refractivity contribution >= 4 is 10.0 Å². The molecular weight excluding hydrogens is 296 g/mol. The van der Waals surface area contributed by atoms with Crippen molar-refractivity contribution in [3.8, 4) is 0 Å². The zero-order valence-corrected chi connectivity index (χ0v) is 13.4. The standard InChI is InChI=1S/C12H24N4O4S/c1-19-8-3-5-16(7-9-20-2)21(17,18)12-10-14-15(11-12)6-4-13/h10-11H,3-9,13H2,1-2H3. The number of methoxy groups -OCH3 is 2. The van der Waals surface area contributed by atoms with Crippen LogP contribution in [-0.4, -0.2) is 69.6 Å². The molecule has 0 unspecified atom stereocenters. The molecule has 2 N–H and O–H groups in total. The van der Waals surface area contributed by atoms with Gasteiger partial charge in [0, 0.05) is 46.7 Å². The number of sulfonamides is 1. The molecule has 0 bridgehead atoms. The van der Waals surface area contributed by atoms with Crippen LogP contribution in [0.15, 0.2) is 17.3 Å². The van der Waals surface area contributed by atoms with Gasteiger partial charge in [0.2, 0.25) is 10.0 Å². The highest BCUT2D eigenvalue weighted by Gasteiger charge is 2.25. The number of rotatable bonds is 11. The Morgan fingerprint density at radius 2 is 2.00 bits per heavy atom. The molecule has 0 aliphatic heterocycles. The summed E-state index contributed by atoms with van der Waals surface area (Å²) in [6.45, 7) is 2.40. The van der Waals surface area contributed by atoms with E-state index in [-0.39, 0.29) is 4.90 Å². The van der Waals surface area contributed by atoms with Gasteiger partial charge >= 0.3 is 0 Å². The third-order valence-corrected chi connectivity index (χ3v) is 4.76. The second-order valence-electron chi connectivity index (χ2n) is 4.47. The monoisotopic (exact) mass is 320 g/mol. The molecule has 0 spiro atoms. The van der Waals surface area contributed by atoms with Crippen molar-refractivity contribution in [3.63, 3.8) is 0 Å². The first-order valence-electron chi connectivity index (χ1n) is 6.76. The van der Waals surface area contributed by atoms with Gasteiger partial charge < -0.3 is 15.2 Å². The average molecular weight is 320 g/mol. The fourth-order valence-electron chi connectivity index (χ4n) is 1.81. The Labute approximate surface area is 125 Å². The van der Waals surface area contributed by atoms with E-state index in [0.717, 1.165) is 0 Å². The van der Waals surface area contributed by atoms with Gasteiger partial charge in [-0.1, -0.05) is 0 Å². The van der Waals surface area contributed by atoms with Gasteiger partial charge in [-0.3, -0.25) is 4.68 Å². The molecule has 122 valence electrons. The Hall–Kier alpha value is -1.00. The number of ether oxygens (including phenoxy) is 2. The number of nitrogens with two attached hydrogens (primary N) is 1. The zero-order chi connectivity index (χ0) is 15.7. The molecule has 21 heavy (non-hydrogen) atoms. The van der Waals surface area contributed by atoms with E-state index in [9.17, 15) is 8.42 Å². The maximum atomic E-state index is 12.6. The topological polar surface area (TPSA) is 99.7 Å². The number of hydrogen-bond donors (Lipinski definition) is 1. The number of aromatic nitrogens is 2. The van der Waals surface area contributed by atoms with Gasteiger partial charge in [-0.05, 0) is 6.42 Å². The van der Waals surface area contributed by atoms with E-state index in [1.165, 1.54) is 21.4 Å². The van der Waals surface area contributed by atoms with E-state index in [4.69, 9.17) is 15.2 Å². The minimum Gasteiger partial charge on any atom is -0.385 e. The predicted molar refractivity (Wildman–Crippen MR) is 78.4 cm³/mol. The Balaban J connectivity index is 2.84. The molecule has 1 heterocycles. The van der Waals surface area contributed by atoms with Gasteiger partial charge in [-0.2, -0.15) is 9.40 Å². The fraction of sp³-hybridized carbons (Fsp3) is 0.750. The molecule has 9 heteroatoms. The molecule has 1 aromatic rings. The molecule has 1 rings (SSSR count). The van der Waals surface area contributed by atoms with Crippen LogP contribution in [0.1, 0.15) is 6.42 Å². The molecule has 0 atom stereocenters. The van der Waals surface area contributed by atoms with Crippen LogP contribution in [0.3, 0.4) is 0 Å². The predicted octanol–water partition coefficient (Wildman–Crippen LogP) is -0.485. The molecule has 0 aromatic carbocycles. The van der Waals surface area contributed by atoms with Crippen LogP contribution in [0.2, 0.25) is 0 Å². The summed E-state index contributed by atoms with van der Waals surface area (Å²) in [5.41, 5.74) is 5.43. The first kappa shape index (κ1) is 18.1. The van der Waals surface area contributed by atoms with E-state index in [0.29, 0.717) is 45.8 Å². The fourth-order valence-corrected chi connectivity index (χ4v) is 3.23. The van der Waals surface area contributed by atoms with E-state index in [1.807, 2.05) is 0 Å². The van der Waals surface area contributed by atoms with Crippen LogP contribution in [0, 0.1) is 0 Å². The molecule has 0 fully saturated rings. The van der Waals surface area contributed by atoms with Crippen molar-refractivity contribution in [2.75, 3.05) is 47.1 Å². The molecule has 0 amide bonds. The van der Waals surface area contributed by atoms with E-state index < -0.39 is 10.0 Å². The summed E-state index contributed by atoms with van der Waals surface area (Å²) in [6.07, 6.45) is 3.47. The van der Waals surface area contributed by atoms with Crippen molar-refractivity contribution in [2.24, 2.45) is 5.73 Å². The summed E-state index contributed by atoms with van der Waals surface area (Å²) < 4.78 is 38.0. The Morgan fingerprint density at radius 3 is 2.62 bits per heavy atom. The van der Waals surface area contributed by atoms with E-state index >= 15 is 0 Å². The van der Waals surface area contributed by atoms with Gasteiger partial charge in [0.25, 0.3) is 0 Å². The Kier molecular flexibility index (Phi) is 7.83. The molecule has 0 saturated heterocycles. The molecule has 8 nitrogen and oxygen atoms in total. The van der Waals surface area contributed by atoms with Crippen LogP contribution < -0.4 is 5.73 Å². The average Bonchev–Trinajstić information content (AvgIpc) is 2.92. The summed E-state index contributed by atoms with van der Waals surface area (Å²) in [4.78, 5) is 0.171. The molecule has 1 aromatic heterocycles. The minimum atomic E-state index is -3.58. The molecule has 0 radical (unpaired) electrons. The Bertz CT molecular complexity index is 503. The second kappa shape index (κ2) is 9.11. The largest absolute Gasteiger partial charge is 0.385 e. The minimum absolute atomic E-state index is 0.171. The molecule has 0 saturated carbocycles. The maximum absolute atomic E-state index is 12.6.